The SMILES string of the molecule is Cc1cc(C)n(-c2cccc(NC(=O)c3oc4c(c3C)C(=O)CCC4)c2)n1. The van der Waals surface area contributed by atoms with Crippen LogP contribution in [-0.2, 0) is 6.42 Å². The Labute approximate surface area is 157 Å². The van der Waals surface area contributed by atoms with Gasteiger partial charge in [-0.15, -0.1) is 0 Å². The van der Waals surface area contributed by atoms with Crippen LogP contribution in [0.15, 0.2) is 34.7 Å². The first kappa shape index (κ1) is 17.3. The summed E-state index contributed by atoms with van der Waals surface area (Å²) in [7, 11) is 0. The van der Waals surface area contributed by atoms with E-state index in [-0.39, 0.29) is 17.5 Å². The first-order chi connectivity index (χ1) is 12.9. The summed E-state index contributed by atoms with van der Waals surface area (Å²) in [5, 5.41) is 7.35. The molecular formula is C21H21N3O3. The summed E-state index contributed by atoms with van der Waals surface area (Å²) >= 11 is 0. The number of hydrogen-bond donors (Lipinski definition) is 1. The number of nitrogens with one attached hydrogen (secondary N) is 1. The molecule has 1 aliphatic carbocycles. The predicted molar refractivity (Wildman–Crippen MR) is 102 cm³/mol. The lowest BCUT2D eigenvalue weighted by Gasteiger charge is -2.08. The molecule has 4 rings (SSSR count). The highest BCUT2D eigenvalue weighted by Crippen LogP contribution is 2.30. The largest absolute Gasteiger partial charge is 0.455 e. The van der Waals surface area contributed by atoms with E-state index in [9.17, 15) is 9.59 Å². The van der Waals surface area contributed by atoms with Crippen molar-refractivity contribution in [3.63, 3.8) is 0 Å². The van der Waals surface area contributed by atoms with Crippen molar-refractivity contribution in [3.05, 3.63) is 64.4 Å². The van der Waals surface area contributed by atoms with Gasteiger partial charge in [-0.25, -0.2) is 4.68 Å². The van der Waals surface area contributed by atoms with Crippen LogP contribution in [0.1, 0.15) is 56.5 Å². The normalized spacial score (nSPS) is 13.5. The molecule has 0 unspecified atom stereocenters. The number of ketones is 1. The summed E-state index contributed by atoms with van der Waals surface area (Å²) in [5.74, 6) is 0.556. The van der Waals surface area contributed by atoms with E-state index in [4.69, 9.17) is 4.42 Å². The van der Waals surface area contributed by atoms with Gasteiger partial charge >= 0.3 is 0 Å². The number of anilines is 1. The molecule has 0 spiro atoms. The smallest absolute Gasteiger partial charge is 0.291 e. The molecule has 2 heterocycles. The second-order valence-electron chi connectivity index (χ2n) is 6.97. The zero-order valence-corrected chi connectivity index (χ0v) is 15.6. The van der Waals surface area contributed by atoms with E-state index in [1.807, 2.05) is 48.9 Å². The van der Waals surface area contributed by atoms with Crippen molar-refractivity contribution in [1.82, 2.24) is 9.78 Å². The first-order valence-corrected chi connectivity index (χ1v) is 9.04. The van der Waals surface area contributed by atoms with Gasteiger partial charge < -0.3 is 9.73 Å². The minimum absolute atomic E-state index is 0.0584. The molecule has 3 aromatic rings. The number of rotatable bonds is 3. The van der Waals surface area contributed by atoms with Crippen molar-refractivity contribution in [1.29, 1.82) is 0 Å². The van der Waals surface area contributed by atoms with Crippen LogP contribution < -0.4 is 5.32 Å². The third-order valence-corrected chi connectivity index (χ3v) is 4.87. The van der Waals surface area contributed by atoms with Crippen molar-refractivity contribution in [2.45, 2.75) is 40.0 Å². The van der Waals surface area contributed by atoms with Crippen molar-refractivity contribution in [2.24, 2.45) is 0 Å². The lowest BCUT2D eigenvalue weighted by Crippen LogP contribution is -2.13. The fourth-order valence-corrected chi connectivity index (χ4v) is 3.66. The number of benzene rings is 1. The predicted octanol–water partition coefficient (Wildman–Crippen LogP) is 4.16. The molecule has 1 aliphatic rings. The minimum Gasteiger partial charge on any atom is -0.455 e. The molecule has 6 heteroatoms. The Balaban J connectivity index is 1.62. The third-order valence-electron chi connectivity index (χ3n) is 4.87. The third kappa shape index (κ3) is 3.07. The Morgan fingerprint density at radius 1 is 1.19 bits per heavy atom. The van der Waals surface area contributed by atoms with E-state index in [1.165, 1.54) is 0 Å². The molecule has 2 aromatic heterocycles. The van der Waals surface area contributed by atoms with E-state index in [2.05, 4.69) is 10.4 Å². The Kier molecular flexibility index (Phi) is 4.18. The average molecular weight is 363 g/mol. The van der Waals surface area contributed by atoms with Gasteiger partial charge in [0.25, 0.3) is 5.91 Å². The summed E-state index contributed by atoms with van der Waals surface area (Å²) in [5.41, 5.74) is 4.67. The topological polar surface area (TPSA) is 77.1 Å². The molecule has 1 aromatic carbocycles. The molecule has 27 heavy (non-hydrogen) atoms. The number of carbonyl (C=O) groups excluding carboxylic acids is 2. The average Bonchev–Trinajstić information content (AvgIpc) is 3.15. The maximum atomic E-state index is 12.7. The highest BCUT2D eigenvalue weighted by molar-refractivity contribution is 6.07. The number of Topliss-reactive ketones (excluding diaryl/α,β-unsaturated/α-hetero) is 1. The Hall–Kier alpha value is -3.15. The van der Waals surface area contributed by atoms with E-state index in [1.54, 1.807) is 6.92 Å². The lowest BCUT2D eigenvalue weighted by molar-refractivity contribution is 0.0963. The van der Waals surface area contributed by atoms with E-state index >= 15 is 0 Å². The molecule has 0 aliphatic heterocycles. The van der Waals surface area contributed by atoms with Crippen LogP contribution in [0.5, 0.6) is 0 Å². The summed E-state index contributed by atoms with van der Waals surface area (Å²) in [6.45, 7) is 5.70. The van der Waals surface area contributed by atoms with Gasteiger partial charge in [0.2, 0.25) is 0 Å². The summed E-state index contributed by atoms with van der Waals surface area (Å²) in [4.78, 5) is 24.9. The van der Waals surface area contributed by atoms with Crippen LogP contribution >= 0.6 is 0 Å². The second kappa shape index (κ2) is 6.54. The Bertz CT molecular complexity index is 1060. The number of aryl methyl sites for hydroxylation is 3. The molecule has 1 amide bonds. The second-order valence-corrected chi connectivity index (χ2v) is 6.97. The van der Waals surface area contributed by atoms with Crippen LogP contribution in [0, 0.1) is 20.8 Å². The minimum atomic E-state index is -0.347. The number of carbonyl (C=O) groups is 2. The maximum absolute atomic E-state index is 12.7. The van der Waals surface area contributed by atoms with Gasteiger partial charge in [-0.1, -0.05) is 6.07 Å². The fraction of sp³-hybridized carbons (Fsp3) is 0.286. The molecule has 0 fully saturated rings. The van der Waals surface area contributed by atoms with E-state index in [0.717, 1.165) is 23.5 Å². The number of aromatic nitrogens is 2. The quantitative estimate of drug-likeness (QED) is 0.758. The van der Waals surface area contributed by atoms with Crippen molar-refractivity contribution in [2.75, 3.05) is 5.32 Å². The first-order valence-electron chi connectivity index (χ1n) is 9.04. The van der Waals surface area contributed by atoms with Crippen LogP contribution in [-0.4, -0.2) is 21.5 Å². The highest BCUT2D eigenvalue weighted by Gasteiger charge is 2.28. The molecular weight excluding hydrogens is 342 g/mol. The summed E-state index contributed by atoms with van der Waals surface area (Å²) < 4.78 is 7.56. The molecule has 138 valence electrons. The number of furan rings is 1. The zero-order valence-electron chi connectivity index (χ0n) is 15.6. The van der Waals surface area contributed by atoms with Gasteiger partial charge in [0, 0.05) is 29.8 Å². The number of hydrogen-bond acceptors (Lipinski definition) is 4. The van der Waals surface area contributed by atoms with Gasteiger partial charge in [0.15, 0.2) is 11.5 Å². The molecule has 6 nitrogen and oxygen atoms in total. The standard InChI is InChI=1S/C21H21N3O3/c1-12-10-13(2)24(23-12)16-7-4-6-15(11-16)22-21(26)20-14(3)19-17(25)8-5-9-18(19)27-20/h4,6-7,10-11H,5,8-9H2,1-3H3,(H,22,26). The van der Waals surface area contributed by atoms with Crippen LogP contribution in [0.4, 0.5) is 5.69 Å². The van der Waals surface area contributed by atoms with Crippen LogP contribution in [0.3, 0.4) is 0 Å². The van der Waals surface area contributed by atoms with Gasteiger partial charge in [-0.2, -0.15) is 5.10 Å². The molecule has 0 bridgehead atoms. The van der Waals surface area contributed by atoms with Crippen molar-refractivity contribution < 1.29 is 14.0 Å². The highest BCUT2D eigenvalue weighted by atomic mass is 16.4. The van der Waals surface area contributed by atoms with Gasteiger partial charge in [0.1, 0.15) is 5.76 Å². The molecule has 1 N–H and O–H groups in total. The van der Waals surface area contributed by atoms with Crippen LogP contribution in [0.25, 0.3) is 5.69 Å². The molecule has 0 saturated carbocycles. The lowest BCUT2D eigenvalue weighted by atomic mass is 9.94. The Morgan fingerprint density at radius 2 is 2.00 bits per heavy atom. The monoisotopic (exact) mass is 363 g/mol. The van der Waals surface area contributed by atoms with Crippen molar-refractivity contribution >= 4 is 17.4 Å². The number of amides is 1. The van der Waals surface area contributed by atoms with E-state index < -0.39 is 0 Å². The Morgan fingerprint density at radius 3 is 2.70 bits per heavy atom. The summed E-state index contributed by atoms with van der Waals surface area (Å²) in [6.07, 6.45) is 1.98. The van der Waals surface area contributed by atoms with Gasteiger partial charge in [0.05, 0.1) is 16.9 Å². The molecule has 0 atom stereocenters. The van der Waals surface area contributed by atoms with Crippen molar-refractivity contribution in [3.8, 4) is 5.69 Å². The molecule has 0 saturated heterocycles. The number of nitrogens with zero attached hydrogens (tertiary/aromatic N) is 2. The van der Waals surface area contributed by atoms with Gasteiger partial charge in [-0.05, 0) is 51.5 Å². The number of fused-ring (bicyclic) bond motifs is 1. The zero-order chi connectivity index (χ0) is 19.1. The molecule has 0 radical (unpaired) electrons. The summed E-state index contributed by atoms with van der Waals surface area (Å²) in [6, 6.07) is 9.48. The van der Waals surface area contributed by atoms with Gasteiger partial charge in [-0.3, -0.25) is 9.59 Å². The van der Waals surface area contributed by atoms with Crippen LogP contribution in [0.2, 0.25) is 0 Å². The van der Waals surface area contributed by atoms with E-state index in [0.29, 0.717) is 35.4 Å². The maximum Gasteiger partial charge on any atom is 0.291 e. The fourth-order valence-electron chi connectivity index (χ4n) is 3.66.